The number of hydrogen-bond acceptors (Lipinski definition) is 3. The van der Waals surface area contributed by atoms with E-state index in [9.17, 15) is 9.18 Å². The van der Waals surface area contributed by atoms with Gasteiger partial charge in [0, 0.05) is 0 Å². The van der Waals surface area contributed by atoms with Crippen LogP contribution in [-0.4, -0.2) is 19.7 Å². The molecule has 1 aromatic carbocycles. The minimum absolute atomic E-state index is 0.179. The maximum absolute atomic E-state index is 13.5. The second kappa shape index (κ2) is 7.27. The first-order valence-electron chi connectivity index (χ1n) is 7.17. The number of methoxy groups -OCH3 is 1. The molecule has 1 aromatic rings. The van der Waals surface area contributed by atoms with Gasteiger partial charge in [-0.1, -0.05) is 31.4 Å². The molecule has 0 spiro atoms. The van der Waals surface area contributed by atoms with Gasteiger partial charge < -0.3 is 9.47 Å². The summed E-state index contributed by atoms with van der Waals surface area (Å²) in [5.41, 5.74) is 0. The first-order valence-corrected chi connectivity index (χ1v) is 7.17. The second-order valence-corrected chi connectivity index (χ2v) is 5.27. The molecule has 4 heteroatoms. The van der Waals surface area contributed by atoms with Crippen molar-refractivity contribution in [2.75, 3.05) is 13.7 Å². The van der Waals surface area contributed by atoms with Crippen LogP contribution in [0.5, 0.6) is 5.75 Å². The van der Waals surface area contributed by atoms with Gasteiger partial charge >= 0.3 is 5.97 Å². The van der Waals surface area contributed by atoms with Gasteiger partial charge in [-0.05, 0) is 30.9 Å². The lowest BCUT2D eigenvalue weighted by molar-refractivity contribution is -0.149. The van der Waals surface area contributed by atoms with Crippen molar-refractivity contribution in [2.24, 2.45) is 11.8 Å². The van der Waals surface area contributed by atoms with E-state index in [-0.39, 0.29) is 30.2 Å². The molecule has 0 heterocycles. The summed E-state index contributed by atoms with van der Waals surface area (Å²) in [6.45, 7) is 0.179. The van der Waals surface area contributed by atoms with E-state index in [1.54, 1.807) is 18.2 Å². The third-order valence-electron chi connectivity index (χ3n) is 3.98. The third kappa shape index (κ3) is 3.71. The quantitative estimate of drug-likeness (QED) is 0.773. The van der Waals surface area contributed by atoms with E-state index < -0.39 is 5.82 Å². The Hall–Kier alpha value is -1.58. The smallest absolute Gasteiger partial charge is 0.312 e. The highest BCUT2D eigenvalue weighted by Gasteiger charge is 2.31. The lowest BCUT2D eigenvalue weighted by atomic mass is 9.80. The molecule has 2 rings (SSSR count). The van der Waals surface area contributed by atoms with Crippen LogP contribution in [0.2, 0.25) is 0 Å². The van der Waals surface area contributed by atoms with Crippen molar-refractivity contribution < 1.29 is 18.7 Å². The van der Waals surface area contributed by atoms with Crippen molar-refractivity contribution >= 4 is 5.97 Å². The van der Waals surface area contributed by atoms with Gasteiger partial charge in [0.1, 0.15) is 6.61 Å². The fourth-order valence-corrected chi connectivity index (χ4v) is 2.83. The number of carbonyl (C=O) groups is 1. The molecule has 110 valence electrons. The normalized spacial score (nSPS) is 17.5. The summed E-state index contributed by atoms with van der Waals surface area (Å²) in [6.07, 6.45) is 5.52. The molecule has 1 saturated carbocycles. The van der Waals surface area contributed by atoms with Gasteiger partial charge in [0.2, 0.25) is 0 Å². The van der Waals surface area contributed by atoms with Crippen molar-refractivity contribution in [3.8, 4) is 5.75 Å². The van der Waals surface area contributed by atoms with Crippen molar-refractivity contribution in [3.05, 3.63) is 30.1 Å². The molecule has 0 radical (unpaired) electrons. The zero-order valence-electron chi connectivity index (χ0n) is 11.8. The number of halogens is 1. The van der Waals surface area contributed by atoms with Crippen molar-refractivity contribution in [1.29, 1.82) is 0 Å². The minimum atomic E-state index is -0.403. The largest absolute Gasteiger partial charge is 0.490 e. The molecule has 1 unspecified atom stereocenters. The molecule has 1 fully saturated rings. The van der Waals surface area contributed by atoms with Crippen molar-refractivity contribution in [2.45, 2.75) is 32.1 Å². The maximum Gasteiger partial charge on any atom is 0.312 e. The number of hydrogen-bond donors (Lipinski definition) is 0. The van der Waals surface area contributed by atoms with Crippen LogP contribution in [-0.2, 0) is 9.53 Å². The van der Waals surface area contributed by atoms with Gasteiger partial charge in [0.05, 0.1) is 13.0 Å². The SMILES string of the molecule is COC(=O)C(COc1ccccc1F)C1CCCCC1. The molecule has 20 heavy (non-hydrogen) atoms. The molecule has 0 aliphatic heterocycles. The molecule has 0 saturated heterocycles. The standard InChI is InChI=1S/C16H21FO3/c1-19-16(18)13(12-7-3-2-4-8-12)11-20-15-10-6-5-9-14(15)17/h5-6,9-10,12-13H,2-4,7-8,11H2,1H3. The molecule has 0 amide bonds. The van der Waals surface area contributed by atoms with E-state index in [0.717, 1.165) is 25.7 Å². The molecule has 0 N–H and O–H groups in total. The van der Waals surface area contributed by atoms with E-state index in [0.29, 0.717) is 0 Å². The van der Waals surface area contributed by atoms with Gasteiger partial charge in [-0.15, -0.1) is 0 Å². The molecule has 0 aromatic heterocycles. The Labute approximate surface area is 119 Å². The first kappa shape index (κ1) is 14.8. The van der Waals surface area contributed by atoms with Gasteiger partial charge in [-0.2, -0.15) is 0 Å². The van der Waals surface area contributed by atoms with Crippen LogP contribution < -0.4 is 4.74 Å². The number of rotatable bonds is 5. The summed E-state index contributed by atoms with van der Waals surface area (Å²) in [5.74, 6) is -0.493. The average molecular weight is 280 g/mol. The number of carbonyl (C=O) groups excluding carboxylic acids is 1. The highest BCUT2D eigenvalue weighted by atomic mass is 19.1. The minimum Gasteiger partial charge on any atom is -0.490 e. The van der Waals surface area contributed by atoms with Crippen LogP contribution in [0.15, 0.2) is 24.3 Å². The third-order valence-corrected chi connectivity index (χ3v) is 3.98. The first-order chi connectivity index (χ1) is 9.72. The lowest BCUT2D eigenvalue weighted by Gasteiger charge is -2.28. The van der Waals surface area contributed by atoms with E-state index in [4.69, 9.17) is 9.47 Å². The molecular formula is C16H21FO3. The Morgan fingerprint density at radius 2 is 2.00 bits per heavy atom. The van der Waals surface area contributed by atoms with E-state index in [2.05, 4.69) is 0 Å². The second-order valence-electron chi connectivity index (χ2n) is 5.27. The highest BCUT2D eigenvalue weighted by molar-refractivity contribution is 5.72. The molecule has 3 nitrogen and oxygen atoms in total. The van der Waals surface area contributed by atoms with Crippen LogP contribution in [0, 0.1) is 17.7 Å². The van der Waals surface area contributed by atoms with E-state index in [1.807, 2.05) is 0 Å². The Bertz CT molecular complexity index is 441. The Kier molecular flexibility index (Phi) is 5.39. The topological polar surface area (TPSA) is 35.5 Å². The summed E-state index contributed by atoms with van der Waals surface area (Å²) in [6, 6.07) is 6.25. The summed E-state index contributed by atoms with van der Waals surface area (Å²) in [5, 5.41) is 0. The van der Waals surface area contributed by atoms with Gasteiger partial charge in [0.15, 0.2) is 11.6 Å². The lowest BCUT2D eigenvalue weighted by Crippen LogP contribution is -2.32. The van der Waals surface area contributed by atoms with Crippen LogP contribution in [0.25, 0.3) is 0 Å². The fraction of sp³-hybridized carbons (Fsp3) is 0.562. The molecular weight excluding hydrogens is 259 g/mol. The Morgan fingerprint density at radius 3 is 2.65 bits per heavy atom. The number of ether oxygens (including phenoxy) is 2. The number of esters is 1. The van der Waals surface area contributed by atoms with E-state index >= 15 is 0 Å². The summed E-state index contributed by atoms with van der Waals surface area (Å²) in [7, 11) is 1.39. The van der Waals surface area contributed by atoms with Crippen molar-refractivity contribution in [1.82, 2.24) is 0 Å². The van der Waals surface area contributed by atoms with Gasteiger partial charge in [-0.3, -0.25) is 4.79 Å². The predicted molar refractivity (Wildman–Crippen MR) is 74.0 cm³/mol. The van der Waals surface area contributed by atoms with Gasteiger partial charge in [-0.25, -0.2) is 4.39 Å². The van der Waals surface area contributed by atoms with Crippen LogP contribution >= 0.6 is 0 Å². The number of para-hydroxylation sites is 1. The summed E-state index contributed by atoms with van der Waals surface area (Å²) < 4.78 is 23.9. The molecule has 0 bridgehead atoms. The summed E-state index contributed by atoms with van der Waals surface area (Å²) in [4.78, 5) is 11.9. The van der Waals surface area contributed by atoms with Gasteiger partial charge in [0.25, 0.3) is 0 Å². The molecule has 1 aliphatic rings. The summed E-state index contributed by atoms with van der Waals surface area (Å²) >= 11 is 0. The predicted octanol–water partition coefficient (Wildman–Crippen LogP) is 3.57. The van der Waals surface area contributed by atoms with E-state index in [1.165, 1.54) is 19.6 Å². The van der Waals surface area contributed by atoms with Crippen LogP contribution in [0.1, 0.15) is 32.1 Å². The molecule has 1 atom stereocenters. The fourth-order valence-electron chi connectivity index (χ4n) is 2.83. The zero-order valence-corrected chi connectivity index (χ0v) is 11.8. The zero-order chi connectivity index (χ0) is 14.4. The van der Waals surface area contributed by atoms with Crippen LogP contribution in [0.3, 0.4) is 0 Å². The Morgan fingerprint density at radius 1 is 1.30 bits per heavy atom. The van der Waals surface area contributed by atoms with Crippen molar-refractivity contribution in [3.63, 3.8) is 0 Å². The monoisotopic (exact) mass is 280 g/mol. The highest BCUT2D eigenvalue weighted by Crippen LogP contribution is 2.31. The number of benzene rings is 1. The molecule has 1 aliphatic carbocycles. The average Bonchev–Trinajstić information content (AvgIpc) is 2.50. The Balaban J connectivity index is 2.00. The maximum atomic E-state index is 13.5. The van der Waals surface area contributed by atoms with Crippen LogP contribution in [0.4, 0.5) is 4.39 Å².